The molecule has 0 bridgehead atoms. The first-order valence-electron chi connectivity index (χ1n) is 11.0. The summed E-state index contributed by atoms with van der Waals surface area (Å²) < 4.78 is 11.9. The minimum Gasteiger partial charge on any atom is -0.503 e. The number of furan rings is 2. The zero-order chi connectivity index (χ0) is 25.5. The number of para-hydroxylation sites is 1. The lowest BCUT2D eigenvalue weighted by Gasteiger charge is -2.21. The van der Waals surface area contributed by atoms with E-state index in [-0.39, 0.29) is 16.5 Å². The normalized spacial score (nSPS) is 15.8. The van der Waals surface area contributed by atoms with Crippen molar-refractivity contribution in [3.05, 3.63) is 106 Å². The van der Waals surface area contributed by atoms with E-state index in [1.54, 1.807) is 30.3 Å². The van der Waals surface area contributed by atoms with Gasteiger partial charge in [0.1, 0.15) is 17.4 Å². The van der Waals surface area contributed by atoms with Crippen LogP contribution in [0.4, 0.5) is 5.13 Å². The first-order valence-corrected chi connectivity index (χ1v) is 13.2. The minimum atomic E-state index is -1.04. The molecule has 1 aliphatic heterocycles. The summed E-state index contributed by atoms with van der Waals surface area (Å²) >= 11 is 8.58. The molecule has 0 fully saturated rings. The third-order valence-corrected chi connectivity index (χ3v) is 8.17. The number of amides is 1. The highest BCUT2D eigenvalue weighted by molar-refractivity contribution is 8.00. The molecule has 1 amide bonds. The predicted octanol–water partition coefficient (Wildman–Crippen LogP) is 6.61. The van der Waals surface area contributed by atoms with Crippen molar-refractivity contribution in [3.8, 4) is 0 Å². The van der Waals surface area contributed by atoms with Crippen LogP contribution in [0.3, 0.4) is 0 Å². The Kier molecular flexibility index (Phi) is 6.07. The molecule has 2 aromatic carbocycles. The Bertz CT molecular complexity index is 1620. The molecule has 184 valence electrons. The van der Waals surface area contributed by atoms with E-state index < -0.39 is 23.5 Å². The average molecular weight is 550 g/mol. The summed E-state index contributed by atoms with van der Waals surface area (Å²) in [5.74, 6) is -1.15. The summed E-state index contributed by atoms with van der Waals surface area (Å²) in [6.07, 6.45) is 1.43. The van der Waals surface area contributed by atoms with Crippen LogP contribution in [-0.4, -0.2) is 27.0 Å². The number of benzene rings is 2. The van der Waals surface area contributed by atoms with Gasteiger partial charge in [-0.1, -0.05) is 65.0 Å². The second kappa shape index (κ2) is 9.55. The SMILES string of the molecule is O=C(C1=C(O)C(=O)N(c2nnc(SCc3ccc(Cl)cc3)s2)C1c1ccco1)c1cc2ccccc2o1. The molecule has 11 heteroatoms. The number of fused-ring (bicyclic) bond motifs is 1. The van der Waals surface area contributed by atoms with Gasteiger partial charge < -0.3 is 13.9 Å². The molecule has 5 aromatic rings. The van der Waals surface area contributed by atoms with Gasteiger partial charge in [0, 0.05) is 16.2 Å². The van der Waals surface area contributed by atoms with Gasteiger partial charge in [-0.2, -0.15) is 0 Å². The molecule has 37 heavy (non-hydrogen) atoms. The van der Waals surface area contributed by atoms with E-state index in [4.69, 9.17) is 20.4 Å². The number of aliphatic hydroxyl groups excluding tert-OH is 1. The number of ketones is 1. The summed E-state index contributed by atoms with van der Waals surface area (Å²) in [5.41, 5.74) is 1.42. The molecule has 6 rings (SSSR count). The number of aromatic nitrogens is 2. The Hall–Kier alpha value is -3.86. The predicted molar refractivity (Wildman–Crippen MR) is 140 cm³/mol. The Morgan fingerprint density at radius 3 is 2.68 bits per heavy atom. The fourth-order valence-electron chi connectivity index (χ4n) is 4.06. The number of hydrogen-bond acceptors (Lipinski definition) is 9. The molecular formula is C26H16ClN3O5S2. The van der Waals surface area contributed by atoms with Crippen molar-refractivity contribution in [2.45, 2.75) is 16.1 Å². The molecule has 8 nitrogen and oxygen atoms in total. The Labute approximate surface area is 223 Å². The molecular weight excluding hydrogens is 534 g/mol. The Morgan fingerprint density at radius 1 is 1.11 bits per heavy atom. The van der Waals surface area contributed by atoms with Crippen LogP contribution in [0.15, 0.2) is 97.5 Å². The Balaban J connectivity index is 1.32. The van der Waals surface area contributed by atoms with E-state index in [1.807, 2.05) is 36.4 Å². The minimum absolute atomic E-state index is 0.00503. The van der Waals surface area contributed by atoms with Crippen LogP contribution in [0.25, 0.3) is 11.0 Å². The molecule has 1 unspecified atom stereocenters. The monoisotopic (exact) mass is 549 g/mol. The fourth-order valence-corrected chi connectivity index (χ4v) is 6.01. The van der Waals surface area contributed by atoms with E-state index >= 15 is 0 Å². The number of hydrogen-bond donors (Lipinski definition) is 1. The van der Waals surface area contributed by atoms with Crippen molar-refractivity contribution in [3.63, 3.8) is 0 Å². The van der Waals surface area contributed by atoms with Crippen LogP contribution < -0.4 is 4.90 Å². The highest BCUT2D eigenvalue weighted by atomic mass is 35.5. The number of rotatable bonds is 7. The number of carbonyl (C=O) groups excluding carboxylic acids is 2. The van der Waals surface area contributed by atoms with Gasteiger partial charge in [0.15, 0.2) is 15.9 Å². The first kappa shape index (κ1) is 23.5. The third kappa shape index (κ3) is 4.33. The average Bonchev–Trinajstić information content (AvgIpc) is 3.70. The van der Waals surface area contributed by atoms with Crippen LogP contribution in [0, 0.1) is 0 Å². The van der Waals surface area contributed by atoms with Crippen LogP contribution in [0.5, 0.6) is 0 Å². The van der Waals surface area contributed by atoms with Crippen LogP contribution >= 0.6 is 34.7 Å². The van der Waals surface area contributed by atoms with Crippen molar-refractivity contribution >= 4 is 62.5 Å². The van der Waals surface area contributed by atoms with Crippen LogP contribution in [0.2, 0.25) is 5.02 Å². The maximum atomic E-state index is 13.6. The second-order valence-electron chi connectivity index (χ2n) is 8.10. The number of nitrogens with zero attached hydrogens (tertiary/aromatic N) is 3. The van der Waals surface area contributed by atoms with Crippen molar-refractivity contribution < 1.29 is 23.5 Å². The summed E-state index contributed by atoms with van der Waals surface area (Å²) in [7, 11) is 0. The van der Waals surface area contributed by atoms with Gasteiger partial charge in [-0.25, -0.2) is 0 Å². The molecule has 1 aliphatic rings. The van der Waals surface area contributed by atoms with Crippen molar-refractivity contribution in [2.75, 3.05) is 4.90 Å². The van der Waals surface area contributed by atoms with E-state index in [0.717, 1.165) is 10.9 Å². The summed E-state index contributed by atoms with van der Waals surface area (Å²) in [6, 6.07) is 18.5. The van der Waals surface area contributed by atoms with E-state index in [1.165, 1.54) is 34.3 Å². The maximum absolute atomic E-state index is 13.6. The highest BCUT2D eigenvalue weighted by Gasteiger charge is 2.48. The second-order valence-corrected chi connectivity index (χ2v) is 10.7. The molecule has 1 N–H and O–H groups in total. The first-order chi connectivity index (χ1) is 18.0. The van der Waals surface area contributed by atoms with Crippen LogP contribution in [-0.2, 0) is 10.5 Å². The van der Waals surface area contributed by atoms with E-state index in [0.29, 0.717) is 26.5 Å². The fraction of sp³-hybridized carbons (Fsp3) is 0.0769. The van der Waals surface area contributed by atoms with Crippen molar-refractivity contribution in [1.82, 2.24) is 10.2 Å². The molecule has 0 saturated carbocycles. The van der Waals surface area contributed by atoms with Gasteiger partial charge in [0.05, 0.1) is 11.8 Å². The lowest BCUT2D eigenvalue weighted by Crippen LogP contribution is -2.30. The maximum Gasteiger partial charge on any atom is 0.296 e. The molecule has 0 radical (unpaired) electrons. The van der Waals surface area contributed by atoms with E-state index in [9.17, 15) is 14.7 Å². The standard InChI is InChI=1S/C26H16ClN3O5S2/c27-16-9-7-14(8-10-16)13-36-26-29-28-25(37-26)30-21(18-6-3-11-34-18)20(23(32)24(30)33)22(31)19-12-15-4-1-2-5-17(15)35-19/h1-12,21,32H,13H2. The number of anilines is 1. The summed E-state index contributed by atoms with van der Waals surface area (Å²) in [5, 5.41) is 20.9. The smallest absolute Gasteiger partial charge is 0.296 e. The van der Waals surface area contributed by atoms with Gasteiger partial charge in [0.2, 0.25) is 10.9 Å². The van der Waals surface area contributed by atoms with Crippen molar-refractivity contribution in [2.24, 2.45) is 0 Å². The van der Waals surface area contributed by atoms with E-state index in [2.05, 4.69) is 10.2 Å². The van der Waals surface area contributed by atoms with Gasteiger partial charge in [-0.05, 0) is 42.0 Å². The highest BCUT2D eigenvalue weighted by Crippen LogP contribution is 2.44. The largest absolute Gasteiger partial charge is 0.503 e. The van der Waals surface area contributed by atoms with Crippen LogP contribution in [0.1, 0.15) is 27.9 Å². The zero-order valence-corrected chi connectivity index (χ0v) is 21.2. The number of carbonyl (C=O) groups is 2. The Morgan fingerprint density at radius 2 is 1.92 bits per heavy atom. The lowest BCUT2D eigenvalue weighted by molar-refractivity contribution is -0.117. The van der Waals surface area contributed by atoms with Gasteiger partial charge in [0.25, 0.3) is 5.91 Å². The lowest BCUT2D eigenvalue weighted by atomic mass is 10.00. The molecule has 0 spiro atoms. The molecule has 3 aromatic heterocycles. The van der Waals surface area contributed by atoms with Gasteiger partial charge >= 0.3 is 0 Å². The number of aliphatic hydroxyl groups is 1. The van der Waals surface area contributed by atoms with Gasteiger partial charge in [-0.15, -0.1) is 10.2 Å². The zero-order valence-electron chi connectivity index (χ0n) is 18.8. The summed E-state index contributed by atoms with van der Waals surface area (Å²) in [4.78, 5) is 28.1. The number of halogens is 1. The van der Waals surface area contributed by atoms with Gasteiger partial charge in [-0.3, -0.25) is 14.5 Å². The molecule has 0 saturated heterocycles. The quantitative estimate of drug-likeness (QED) is 0.137. The topological polar surface area (TPSA) is 110 Å². The number of thioether (sulfide) groups is 1. The molecule has 1 atom stereocenters. The third-order valence-electron chi connectivity index (χ3n) is 5.79. The van der Waals surface area contributed by atoms with Crippen molar-refractivity contribution in [1.29, 1.82) is 0 Å². The molecule has 4 heterocycles. The summed E-state index contributed by atoms with van der Waals surface area (Å²) in [6.45, 7) is 0. The number of Topliss-reactive ketones (excluding diaryl/α,β-unsaturated/α-hetero) is 1. The molecule has 0 aliphatic carbocycles.